The summed E-state index contributed by atoms with van der Waals surface area (Å²) in [5.41, 5.74) is 1.45. The van der Waals surface area contributed by atoms with Crippen molar-refractivity contribution in [3.8, 4) is 0 Å². The minimum Gasteiger partial charge on any atom is -0.316 e. The third kappa shape index (κ3) is 4.09. The Morgan fingerprint density at radius 2 is 2.41 bits per heavy atom. The Morgan fingerprint density at radius 1 is 1.53 bits per heavy atom. The van der Waals surface area contributed by atoms with E-state index in [0.29, 0.717) is 0 Å². The summed E-state index contributed by atoms with van der Waals surface area (Å²) in [5.74, 6) is 0.899. The normalized spacial score (nSPS) is 21.0. The number of nitrogens with one attached hydrogen (secondary N) is 1. The van der Waals surface area contributed by atoms with E-state index in [0.717, 1.165) is 12.5 Å². The standard InChI is InChI=1S/C14H24N2S/c1-12-6-9-17-14(12)11-16(2)8-5-13-4-3-7-15-10-13/h6,9,13,15H,3-5,7-8,10-11H2,1-2H3. The van der Waals surface area contributed by atoms with Gasteiger partial charge in [-0.2, -0.15) is 0 Å². The second-order valence-electron chi connectivity index (χ2n) is 5.27. The summed E-state index contributed by atoms with van der Waals surface area (Å²) in [4.78, 5) is 3.99. The van der Waals surface area contributed by atoms with Crippen molar-refractivity contribution in [2.45, 2.75) is 32.7 Å². The average Bonchev–Trinajstić information content (AvgIpc) is 2.74. The third-order valence-corrected chi connectivity index (χ3v) is 4.71. The molecule has 0 spiro atoms. The van der Waals surface area contributed by atoms with Gasteiger partial charge < -0.3 is 10.2 Å². The van der Waals surface area contributed by atoms with Crippen molar-refractivity contribution < 1.29 is 0 Å². The molecule has 1 saturated heterocycles. The molecule has 1 unspecified atom stereocenters. The molecule has 17 heavy (non-hydrogen) atoms. The molecular weight excluding hydrogens is 228 g/mol. The lowest BCUT2D eigenvalue weighted by atomic mass is 9.96. The smallest absolute Gasteiger partial charge is 0.0327 e. The minimum absolute atomic E-state index is 0.899. The fourth-order valence-electron chi connectivity index (χ4n) is 2.46. The average molecular weight is 252 g/mol. The predicted molar refractivity (Wildman–Crippen MR) is 75.6 cm³/mol. The van der Waals surface area contributed by atoms with Crippen molar-refractivity contribution in [2.24, 2.45) is 5.92 Å². The molecule has 2 heterocycles. The second kappa shape index (κ2) is 6.53. The Balaban J connectivity index is 1.70. The maximum absolute atomic E-state index is 3.50. The molecule has 0 bridgehead atoms. The Kier molecular flexibility index (Phi) is 5.01. The summed E-state index contributed by atoms with van der Waals surface area (Å²) in [6.45, 7) is 7.00. The summed E-state index contributed by atoms with van der Waals surface area (Å²) in [6, 6.07) is 2.22. The van der Waals surface area contributed by atoms with Crippen LogP contribution in [0.2, 0.25) is 0 Å². The van der Waals surface area contributed by atoms with Crippen LogP contribution in [0, 0.1) is 12.8 Å². The van der Waals surface area contributed by atoms with Crippen molar-refractivity contribution in [3.05, 3.63) is 21.9 Å². The van der Waals surface area contributed by atoms with E-state index in [1.807, 2.05) is 11.3 Å². The van der Waals surface area contributed by atoms with Gasteiger partial charge in [0, 0.05) is 11.4 Å². The van der Waals surface area contributed by atoms with Gasteiger partial charge in [-0.25, -0.2) is 0 Å². The van der Waals surface area contributed by atoms with Gasteiger partial charge in [0.05, 0.1) is 0 Å². The van der Waals surface area contributed by atoms with Gasteiger partial charge in [0.2, 0.25) is 0 Å². The molecule has 1 aromatic heterocycles. The highest BCUT2D eigenvalue weighted by Gasteiger charge is 2.13. The maximum Gasteiger partial charge on any atom is 0.0327 e. The number of hydrogen-bond donors (Lipinski definition) is 1. The van der Waals surface area contributed by atoms with Gasteiger partial charge in [0.25, 0.3) is 0 Å². The summed E-state index contributed by atoms with van der Waals surface area (Å²) < 4.78 is 0. The number of thiophene rings is 1. The van der Waals surface area contributed by atoms with Gasteiger partial charge in [-0.05, 0) is 75.8 Å². The highest BCUT2D eigenvalue weighted by Crippen LogP contribution is 2.19. The SMILES string of the molecule is Cc1ccsc1CN(C)CCC1CCCNC1. The van der Waals surface area contributed by atoms with Gasteiger partial charge in [0.15, 0.2) is 0 Å². The lowest BCUT2D eigenvalue weighted by molar-refractivity contribution is 0.269. The lowest BCUT2D eigenvalue weighted by Gasteiger charge is -2.25. The highest BCUT2D eigenvalue weighted by molar-refractivity contribution is 7.10. The lowest BCUT2D eigenvalue weighted by Crippen LogP contribution is -2.32. The van der Waals surface area contributed by atoms with Crippen LogP contribution in [-0.2, 0) is 6.54 Å². The van der Waals surface area contributed by atoms with Crippen molar-refractivity contribution >= 4 is 11.3 Å². The molecular formula is C14H24N2S. The van der Waals surface area contributed by atoms with Crippen LogP contribution in [0.1, 0.15) is 29.7 Å². The predicted octanol–water partition coefficient (Wildman–Crippen LogP) is 2.88. The van der Waals surface area contributed by atoms with Gasteiger partial charge >= 0.3 is 0 Å². The van der Waals surface area contributed by atoms with Gasteiger partial charge in [0.1, 0.15) is 0 Å². The van der Waals surface area contributed by atoms with E-state index in [1.54, 1.807) is 0 Å². The van der Waals surface area contributed by atoms with Gasteiger partial charge in [-0.3, -0.25) is 0 Å². The number of hydrogen-bond acceptors (Lipinski definition) is 3. The number of rotatable bonds is 5. The van der Waals surface area contributed by atoms with E-state index in [2.05, 4.69) is 35.6 Å². The zero-order valence-corrected chi connectivity index (χ0v) is 11.9. The maximum atomic E-state index is 3.50. The number of piperidine rings is 1. The van der Waals surface area contributed by atoms with Crippen LogP contribution in [0.5, 0.6) is 0 Å². The third-order valence-electron chi connectivity index (χ3n) is 3.70. The van der Waals surface area contributed by atoms with E-state index < -0.39 is 0 Å². The monoisotopic (exact) mass is 252 g/mol. The summed E-state index contributed by atoms with van der Waals surface area (Å²) >= 11 is 1.89. The first-order valence-electron chi connectivity index (χ1n) is 6.68. The first-order valence-corrected chi connectivity index (χ1v) is 7.56. The molecule has 3 heteroatoms. The van der Waals surface area contributed by atoms with Crippen LogP contribution in [0.4, 0.5) is 0 Å². The quantitative estimate of drug-likeness (QED) is 0.867. The van der Waals surface area contributed by atoms with Crippen LogP contribution in [-0.4, -0.2) is 31.6 Å². The topological polar surface area (TPSA) is 15.3 Å². The Bertz CT molecular complexity index is 329. The van der Waals surface area contributed by atoms with Crippen LogP contribution >= 0.6 is 11.3 Å². The molecule has 1 aliphatic rings. The molecule has 0 aliphatic carbocycles. The van der Waals surface area contributed by atoms with E-state index in [1.165, 1.54) is 49.3 Å². The summed E-state index contributed by atoms with van der Waals surface area (Å²) in [7, 11) is 2.25. The van der Waals surface area contributed by atoms with Gasteiger partial charge in [-0.15, -0.1) is 11.3 Å². The Labute approximate surface area is 109 Å². The highest BCUT2D eigenvalue weighted by atomic mass is 32.1. The fraction of sp³-hybridized carbons (Fsp3) is 0.714. The van der Waals surface area contributed by atoms with E-state index in [9.17, 15) is 0 Å². The number of nitrogens with zero attached hydrogens (tertiary/aromatic N) is 1. The minimum atomic E-state index is 0.899. The molecule has 0 amide bonds. The second-order valence-corrected chi connectivity index (χ2v) is 6.27. The van der Waals surface area contributed by atoms with Crippen LogP contribution in [0.3, 0.4) is 0 Å². The molecule has 96 valence electrons. The molecule has 0 aromatic carbocycles. The molecule has 1 aliphatic heterocycles. The summed E-state index contributed by atoms with van der Waals surface area (Å²) in [6.07, 6.45) is 4.12. The molecule has 0 radical (unpaired) electrons. The van der Waals surface area contributed by atoms with Crippen molar-refractivity contribution in [1.29, 1.82) is 0 Å². The Hall–Kier alpha value is -0.380. The largest absolute Gasteiger partial charge is 0.316 e. The number of aryl methyl sites for hydroxylation is 1. The molecule has 0 saturated carbocycles. The van der Waals surface area contributed by atoms with Crippen LogP contribution in [0.25, 0.3) is 0 Å². The zero-order valence-electron chi connectivity index (χ0n) is 11.0. The van der Waals surface area contributed by atoms with Crippen molar-refractivity contribution in [3.63, 3.8) is 0 Å². The molecule has 2 rings (SSSR count). The molecule has 1 atom stereocenters. The molecule has 1 fully saturated rings. The molecule has 1 N–H and O–H groups in total. The Morgan fingerprint density at radius 3 is 3.06 bits per heavy atom. The van der Waals surface area contributed by atoms with Gasteiger partial charge in [-0.1, -0.05) is 0 Å². The first-order chi connectivity index (χ1) is 8.25. The molecule has 2 nitrogen and oxygen atoms in total. The molecule has 1 aromatic rings. The fourth-order valence-corrected chi connectivity index (χ4v) is 3.45. The first kappa shape index (κ1) is 13.1. The summed E-state index contributed by atoms with van der Waals surface area (Å²) in [5, 5.41) is 5.69. The van der Waals surface area contributed by atoms with Crippen LogP contribution in [0.15, 0.2) is 11.4 Å². The zero-order chi connectivity index (χ0) is 12.1. The van der Waals surface area contributed by atoms with E-state index in [4.69, 9.17) is 0 Å². The van der Waals surface area contributed by atoms with Crippen molar-refractivity contribution in [2.75, 3.05) is 26.7 Å². The van der Waals surface area contributed by atoms with Crippen LogP contribution < -0.4 is 5.32 Å². The van der Waals surface area contributed by atoms with E-state index in [-0.39, 0.29) is 0 Å². The van der Waals surface area contributed by atoms with Crippen molar-refractivity contribution in [1.82, 2.24) is 10.2 Å². The van der Waals surface area contributed by atoms with E-state index >= 15 is 0 Å².